The highest BCUT2D eigenvalue weighted by molar-refractivity contribution is 6.19. The maximum atomic E-state index is 5.03. The lowest BCUT2D eigenvalue weighted by molar-refractivity contribution is 1.19. The van der Waals surface area contributed by atoms with Gasteiger partial charge in [-0.2, -0.15) is 0 Å². The highest BCUT2D eigenvalue weighted by Crippen LogP contribution is 2.50. The average Bonchev–Trinajstić information content (AvgIpc) is 3.21. The smallest absolute Gasteiger partial charge is 0.138 e. The van der Waals surface area contributed by atoms with E-state index in [1.165, 1.54) is 33.0 Å². The second-order valence-corrected chi connectivity index (χ2v) is 8.31. The Hall–Kier alpha value is -4.50. The van der Waals surface area contributed by atoms with E-state index in [0.717, 1.165) is 28.1 Å². The molecule has 0 radical (unpaired) electrons. The molecule has 0 aliphatic heterocycles. The molecule has 33 heavy (non-hydrogen) atoms. The van der Waals surface area contributed by atoms with Crippen LogP contribution in [0.5, 0.6) is 0 Å². The van der Waals surface area contributed by atoms with Crippen LogP contribution in [0, 0.1) is 0 Å². The van der Waals surface area contributed by atoms with Crippen LogP contribution in [0.25, 0.3) is 43.9 Å². The summed E-state index contributed by atoms with van der Waals surface area (Å²) in [6.45, 7) is 0. The minimum atomic E-state index is 0.873. The fourth-order valence-electron chi connectivity index (χ4n) is 5.05. The molecular formula is C30H19N3. The van der Waals surface area contributed by atoms with Gasteiger partial charge in [0, 0.05) is 17.0 Å². The van der Waals surface area contributed by atoms with Gasteiger partial charge in [-0.1, -0.05) is 66.7 Å². The van der Waals surface area contributed by atoms with E-state index in [9.17, 15) is 0 Å². The summed E-state index contributed by atoms with van der Waals surface area (Å²) in [7, 11) is 0. The second kappa shape index (κ2) is 7.01. The number of rotatable bonds is 3. The molecule has 0 bridgehead atoms. The van der Waals surface area contributed by atoms with Crippen LogP contribution in [0.4, 0.5) is 17.2 Å². The van der Waals surface area contributed by atoms with Gasteiger partial charge < -0.3 is 0 Å². The Balaban J connectivity index is 1.52. The quantitative estimate of drug-likeness (QED) is 0.290. The number of hydrogen-bond acceptors (Lipinski definition) is 3. The highest BCUT2D eigenvalue weighted by atomic mass is 15.2. The third kappa shape index (κ3) is 2.69. The predicted octanol–water partition coefficient (Wildman–Crippen LogP) is 7.90. The van der Waals surface area contributed by atoms with Crippen LogP contribution in [0.15, 0.2) is 116 Å². The number of pyridine rings is 2. The molecule has 0 saturated carbocycles. The van der Waals surface area contributed by atoms with Crippen LogP contribution in [0.1, 0.15) is 0 Å². The van der Waals surface area contributed by atoms with E-state index in [1.54, 1.807) is 6.20 Å². The Morgan fingerprint density at radius 1 is 0.576 bits per heavy atom. The highest BCUT2D eigenvalue weighted by Gasteiger charge is 2.24. The van der Waals surface area contributed by atoms with E-state index >= 15 is 0 Å². The van der Waals surface area contributed by atoms with Crippen molar-refractivity contribution in [1.29, 1.82) is 0 Å². The molecule has 3 nitrogen and oxygen atoms in total. The minimum absolute atomic E-state index is 0.873. The number of hydrogen-bond donors (Lipinski definition) is 0. The van der Waals surface area contributed by atoms with Crippen molar-refractivity contribution >= 4 is 38.9 Å². The molecular weight excluding hydrogens is 402 g/mol. The SMILES string of the molecule is c1cncc(N(c2ccc3ccccc3n2)c2ccc3c4c(cccc24)-c2ccccc2-3)c1. The third-order valence-electron chi connectivity index (χ3n) is 6.48. The molecule has 6 aromatic rings. The zero-order valence-corrected chi connectivity index (χ0v) is 17.8. The predicted molar refractivity (Wildman–Crippen MR) is 136 cm³/mol. The van der Waals surface area contributed by atoms with E-state index in [2.05, 4.69) is 94.8 Å². The van der Waals surface area contributed by atoms with Crippen molar-refractivity contribution in [2.24, 2.45) is 0 Å². The normalized spacial score (nSPS) is 11.6. The summed E-state index contributed by atoms with van der Waals surface area (Å²) in [6, 6.07) is 36.2. The molecule has 0 unspecified atom stereocenters. The molecule has 2 heterocycles. The first kappa shape index (κ1) is 18.1. The van der Waals surface area contributed by atoms with Gasteiger partial charge in [-0.15, -0.1) is 0 Å². The number of anilines is 3. The number of fused-ring (bicyclic) bond motifs is 4. The molecule has 154 valence electrons. The Labute approximate surface area is 191 Å². The molecule has 0 fully saturated rings. The molecule has 0 saturated heterocycles. The molecule has 3 heteroatoms. The fraction of sp³-hybridized carbons (Fsp3) is 0. The molecule has 0 amide bonds. The lowest BCUT2D eigenvalue weighted by Gasteiger charge is -2.26. The largest absolute Gasteiger partial charge is 0.293 e. The van der Waals surface area contributed by atoms with E-state index in [0.29, 0.717) is 0 Å². The molecule has 0 spiro atoms. The summed E-state index contributed by atoms with van der Waals surface area (Å²) in [6.07, 6.45) is 3.70. The zero-order chi connectivity index (χ0) is 21.8. The van der Waals surface area contributed by atoms with E-state index in [1.807, 2.05) is 24.4 Å². The summed E-state index contributed by atoms with van der Waals surface area (Å²) < 4.78 is 0. The first-order valence-electron chi connectivity index (χ1n) is 11.1. The van der Waals surface area contributed by atoms with E-state index < -0.39 is 0 Å². The van der Waals surface area contributed by atoms with Gasteiger partial charge in [-0.3, -0.25) is 9.88 Å². The van der Waals surface area contributed by atoms with Gasteiger partial charge in [0.2, 0.25) is 0 Å². The van der Waals surface area contributed by atoms with E-state index in [-0.39, 0.29) is 0 Å². The van der Waals surface area contributed by atoms with Crippen LogP contribution in [-0.2, 0) is 0 Å². The first-order valence-corrected chi connectivity index (χ1v) is 11.1. The van der Waals surface area contributed by atoms with Crippen LogP contribution in [0.2, 0.25) is 0 Å². The van der Waals surface area contributed by atoms with Crippen LogP contribution >= 0.6 is 0 Å². The molecule has 0 atom stereocenters. The third-order valence-corrected chi connectivity index (χ3v) is 6.48. The second-order valence-electron chi connectivity index (χ2n) is 8.31. The summed E-state index contributed by atoms with van der Waals surface area (Å²) in [5.41, 5.74) is 8.23. The maximum absolute atomic E-state index is 5.03. The lowest BCUT2D eigenvalue weighted by Crippen LogP contribution is -2.12. The summed E-state index contributed by atoms with van der Waals surface area (Å²) in [4.78, 5) is 11.7. The topological polar surface area (TPSA) is 29.0 Å². The summed E-state index contributed by atoms with van der Waals surface area (Å²) in [5.74, 6) is 0.873. The maximum Gasteiger partial charge on any atom is 0.138 e. The minimum Gasteiger partial charge on any atom is -0.293 e. The molecule has 0 N–H and O–H groups in total. The van der Waals surface area contributed by atoms with Gasteiger partial charge in [-0.05, 0) is 64.0 Å². The van der Waals surface area contributed by atoms with Crippen molar-refractivity contribution in [3.63, 3.8) is 0 Å². The van der Waals surface area contributed by atoms with Crippen molar-refractivity contribution in [3.8, 4) is 22.3 Å². The van der Waals surface area contributed by atoms with Crippen molar-refractivity contribution in [2.45, 2.75) is 0 Å². The standard InChI is InChI=1S/C30H19N3/c1-4-13-27-20(7-1)14-17-29(32-27)33(21-8-6-18-31-19-21)28-16-15-25-23-10-3-2-9-22(23)24-11-5-12-26(28)30(24)25/h1-19H. The Morgan fingerprint density at radius 2 is 1.36 bits per heavy atom. The van der Waals surface area contributed by atoms with Gasteiger partial charge in [0.05, 0.1) is 23.1 Å². The molecule has 4 aromatic carbocycles. The number of benzene rings is 4. The van der Waals surface area contributed by atoms with Gasteiger partial charge in [-0.25, -0.2) is 4.98 Å². The van der Waals surface area contributed by atoms with Crippen molar-refractivity contribution in [3.05, 3.63) is 116 Å². The average molecular weight is 422 g/mol. The first-order chi connectivity index (χ1) is 16.4. The van der Waals surface area contributed by atoms with Crippen LogP contribution in [-0.4, -0.2) is 9.97 Å². The Bertz CT molecular complexity index is 1640. The van der Waals surface area contributed by atoms with Crippen molar-refractivity contribution in [1.82, 2.24) is 9.97 Å². The summed E-state index contributed by atoms with van der Waals surface area (Å²) >= 11 is 0. The van der Waals surface area contributed by atoms with Crippen LogP contribution < -0.4 is 4.90 Å². The number of aromatic nitrogens is 2. The molecule has 2 aromatic heterocycles. The van der Waals surface area contributed by atoms with Gasteiger partial charge >= 0.3 is 0 Å². The number of nitrogens with zero attached hydrogens (tertiary/aromatic N) is 3. The fourth-order valence-corrected chi connectivity index (χ4v) is 5.05. The Morgan fingerprint density at radius 3 is 2.21 bits per heavy atom. The summed E-state index contributed by atoms with van der Waals surface area (Å²) in [5, 5.41) is 3.63. The Kier molecular flexibility index (Phi) is 3.84. The number of para-hydroxylation sites is 1. The monoisotopic (exact) mass is 421 g/mol. The van der Waals surface area contributed by atoms with Crippen molar-refractivity contribution < 1.29 is 0 Å². The van der Waals surface area contributed by atoms with E-state index in [4.69, 9.17) is 4.98 Å². The van der Waals surface area contributed by atoms with Gasteiger partial charge in [0.25, 0.3) is 0 Å². The van der Waals surface area contributed by atoms with Crippen LogP contribution in [0.3, 0.4) is 0 Å². The molecule has 7 rings (SSSR count). The van der Waals surface area contributed by atoms with Crippen molar-refractivity contribution in [2.75, 3.05) is 4.90 Å². The van der Waals surface area contributed by atoms with Gasteiger partial charge in [0.1, 0.15) is 5.82 Å². The molecule has 1 aliphatic rings. The zero-order valence-electron chi connectivity index (χ0n) is 17.8. The lowest BCUT2D eigenvalue weighted by atomic mass is 10.0. The molecule has 1 aliphatic carbocycles. The van der Waals surface area contributed by atoms with Gasteiger partial charge in [0.15, 0.2) is 0 Å².